The SMILES string of the molecule is O=S(=O)(Nc1nnns1)c1cnc(Cl)s1. The smallest absolute Gasteiger partial charge is 0.251 e. The lowest BCUT2D eigenvalue weighted by molar-refractivity contribution is 0.603. The van der Waals surface area contributed by atoms with E-state index in [-0.39, 0.29) is 13.8 Å². The maximum absolute atomic E-state index is 11.6. The highest BCUT2D eigenvalue weighted by atomic mass is 35.5. The molecule has 0 saturated heterocycles. The number of anilines is 1. The summed E-state index contributed by atoms with van der Waals surface area (Å²) in [4.78, 5) is 3.63. The number of hydrogen-bond donors (Lipinski definition) is 1. The molecule has 2 rings (SSSR count). The molecule has 0 fully saturated rings. The van der Waals surface area contributed by atoms with Crippen LogP contribution in [0, 0.1) is 0 Å². The van der Waals surface area contributed by atoms with Gasteiger partial charge in [-0.2, -0.15) is 0 Å². The number of halogens is 1. The minimum Gasteiger partial charge on any atom is -0.251 e. The summed E-state index contributed by atoms with van der Waals surface area (Å²) >= 11 is 7.22. The molecule has 0 aliphatic carbocycles. The van der Waals surface area contributed by atoms with E-state index < -0.39 is 10.0 Å². The number of hydrogen-bond acceptors (Lipinski definition) is 8. The van der Waals surface area contributed by atoms with E-state index >= 15 is 0 Å². The molecule has 0 unspecified atom stereocenters. The Kier molecular flexibility index (Phi) is 2.82. The summed E-state index contributed by atoms with van der Waals surface area (Å²) in [5.41, 5.74) is 0. The molecule has 0 atom stereocenters. The van der Waals surface area contributed by atoms with E-state index in [0.29, 0.717) is 0 Å². The van der Waals surface area contributed by atoms with Crippen molar-refractivity contribution in [3.05, 3.63) is 10.7 Å². The van der Waals surface area contributed by atoms with E-state index in [1.54, 1.807) is 0 Å². The first-order chi connectivity index (χ1) is 7.08. The van der Waals surface area contributed by atoms with Crippen molar-refractivity contribution in [2.24, 2.45) is 0 Å². The van der Waals surface area contributed by atoms with Crippen LogP contribution in [0.2, 0.25) is 4.47 Å². The summed E-state index contributed by atoms with van der Waals surface area (Å²) < 4.78 is 29.0. The van der Waals surface area contributed by atoms with Gasteiger partial charge in [-0.25, -0.2) is 13.4 Å². The molecule has 0 bridgehead atoms. The van der Waals surface area contributed by atoms with Gasteiger partial charge in [0, 0.05) is 11.5 Å². The third kappa shape index (κ3) is 2.40. The van der Waals surface area contributed by atoms with Crippen LogP contribution < -0.4 is 4.72 Å². The highest BCUT2D eigenvalue weighted by Gasteiger charge is 2.19. The Labute approximate surface area is 97.3 Å². The lowest BCUT2D eigenvalue weighted by atomic mass is 11.0. The fraction of sp³-hybridized carbons (Fsp3) is 0. The predicted molar refractivity (Wildman–Crippen MR) is 55.6 cm³/mol. The number of nitrogens with zero attached hydrogens (tertiary/aromatic N) is 4. The minimum atomic E-state index is -3.67. The average Bonchev–Trinajstić information content (AvgIpc) is 2.75. The fourth-order valence-electron chi connectivity index (χ4n) is 0.702. The zero-order chi connectivity index (χ0) is 10.9. The van der Waals surface area contributed by atoms with E-state index in [9.17, 15) is 8.42 Å². The van der Waals surface area contributed by atoms with Crippen molar-refractivity contribution in [3.63, 3.8) is 0 Å². The normalized spacial score (nSPS) is 11.5. The summed E-state index contributed by atoms with van der Waals surface area (Å²) in [6.45, 7) is 0. The van der Waals surface area contributed by atoms with Crippen molar-refractivity contribution in [3.8, 4) is 0 Å². The molecule has 15 heavy (non-hydrogen) atoms. The first-order valence-electron chi connectivity index (χ1n) is 3.37. The van der Waals surface area contributed by atoms with Gasteiger partial charge in [0.2, 0.25) is 5.13 Å². The molecule has 0 spiro atoms. The van der Waals surface area contributed by atoms with Crippen LogP contribution in [0.15, 0.2) is 10.4 Å². The van der Waals surface area contributed by atoms with Gasteiger partial charge >= 0.3 is 0 Å². The molecule has 2 aromatic heterocycles. The second kappa shape index (κ2) is 3.96. The molecule has 80 valence electrons. The van der Waals surface area contributed by atoms with Gasteiger partial charge in [-0.3, -0.25) is 4.72 Å². The van der Waals surface area contributed by atoms with Crippen LogP contribution in [-0.4, -0.2) is 28.2 Å². The van der Waals surface area contributed by atoms with Crippen molar-refractivity contribution in [2.75, 3.05) is 4.72 Å². The van der Waals surface area contributed by atoms with Crippen LogP contribution >= 0.6 is 34.5 Å². The first-order valence-corrected chi connectivity index (χ1v) is 6.82. The van der Waals surface area contributed by atoms with Crippen molar-refractivity contribution >= 4 is 49.6 Å². The van der Waals surface area contributed by atoms with Crippen molar-refractivity contribution in [1.82, 2.24) is 19.8 Å². The topological polar surface area (TPSA) is 97.7 Å². The van der Waals surface area contributed by atoms with Gasteiger partial charge in [0.25, 0.3) is 10.0 Å². The largest absolute Gasteiger partial charge is 0.274 e. The van der Waals surface area contributed by atoms with Crippen LogP contribution in [0.5, 0.6) is 0 Å². The van der Waals surface area contributed by atoms with Crippen LogP contribution in [0.4, 0.5) is 5.13 Å². The molecular formula is C4H2ClN5O2S3. The van der Waals surface area contributed by atoms with Crippen molar-refractivity contribution in [1.29, 1.82) is 0 Å². The summed E-state index contributed by atoms with van der Waals surface area (Å²) in [5.74, 6) is 0. The average molecular weight is 284 g/mol. The van der Waals surface area contributed by atoms with Gasteiger partial charge in [-0.1, -0.05) is 32.5 Å². The molecule has 7 nitrogen and oxygen atoms in total. The Balaban J connectivity index is 2.28. The molecule has 0 saturated carbocycles. The van der Waals surface area contributed by atoms with Gasteiger partial charge in [-0.05, 0) is 5.21 Å². The highest BCUT2D eigenvalue weighted by molar-refractivity contribution is 7.94. The number of rotatable bonds is 3. The van der Waals surface area contributed by atoms with Crippen LogP contribution in [-0.2, 0) is 10.0 Å². The van der Waals surface area contributed by atoms with E-state index in [1.807, 2.05) is 0 Å². The lowest BCUT2D eigenvalue weighted by Crippen LogP contribution is -2.11. The van der Waals surface area contributed by atoms with Gasteiger partial charge in [0.15, 0.2) is 8.68 Å². The first kappa shape index (κ1) is 10.7. The zero-order valence-corrected chi connectivity index (χ0v) is 9.99. The standard InChI is InChI=1S/C4H2ClN5O2S3/c5-3-6-1-2(13-3)15(11,12)8-4-7-9-10-14-4/h1H,(H,7,8,10). The molecule has 0 aliphatic heterocycles. The molecule has 0 amide bonds. The Morgan fingerprint density at radius 1 is 1.47 bits per heavy atom. The number of aromatic nitrogens is 4. The summed E-state index contributed by atoms with van der Waals surface area (Å²) in [6, 6.07) is 0. The highest BCUT2D eigenvalue weighted by Crippen LogP contribution is 2.24. The van der Waals surface area contributed by atoms with E-state index in [1.165, 1.54) is 6.20 Å². The Bertz CT molecular complexity index is 549. The Hall–Kier alpha value is -0.840. The zero-order valence-electron chi connectivity index (χ0n) is 6.79. The summed E-state index contributed by atoms with van der Waals surface area (Å²) in [6.07, 6.45) is 1.17. The minimum absolute atomic E-state index is 0.0164. The second-order valence-corrected chi connectivity index (χ2v) is 6.46. The molecule has 2 aromatic rings. The molecular weight excluding hydrogens is 282 g/mol. The van der Waals surface area contributed by atoms with E-state index in [2.05, 4.69) is 24.5 Å². The van der Waals surface area contributed by atoms with Crippen molar-refractivity contribution in [2.45, 2.75) is 4.21 Å². The van der Waals surface area contributed by atoms with Crippen LogP contribution in [0.1, 0.15) is 0 Å². The van der Waals surface area contributed by atoms with Crippen LogP contribution in [0.25, 0.3) is 0 Å². The number of sulfonamides is 1. The van der Waals surface area contributed by atoms with E-state index in [0.717, 1.165) is 22.9 Å². The van der Waals surface area contributed by atoms with Gasteiger partial charge in [0.1, 0.15) is 0 Å². The lowest BCUT2D eigenvalue weighted by Gasteiger charge is -1.98. The van der Waals surface area contributed by atoms with Gasteiger partial charge in [0.05, 0.1) is 6.20 Å². The number of nitrogens with one attached hydrogen (secondary N) is 1. The van der Waals surface area contributed by atoms with E-state index in [4.69, 9.17) is 11.6 Å². The maximum atomic E-state index is 11.6. The van der Waals surface area contributed by atoms with Gasteiger partial charge in [-0.15, -0.1) is 0 Å². The third-order valence-corrected chi connectivity index (χ3v) is 4.80. The molecule has 11 heteroatoms. The molecule has 1 N–H and O–H groups in total. The molecule has 0 aromatic carbocycles. The Morgan fingerprint density at radius 2 is 2.27 bits per heavy atom. The second-order valence-electron chi connectivity index (χ2n) is 2.21. The monoisotopic (exact) mass is 283 g/mol. The third-order valence-electron chi connectivity index (χ3n) is 1.24. The summed E-state index contributed by atoms with van der Waals surface area (Å²) in [5, 5.41) is 6.81. The van der Waals surface area contributed by atoms with Gasteiger partial charge < -0.3 is 0 Å². The number of thiazole rings is 1. The van der Waals surface area contributed by atoms with Crippen molar-refractivity contribution < 1.29 is 8.42 Å². The molecule has 0 aliphatic rings. The maximum Gasteiger partial charge on any atom is 0.274 e. The quantitative estimate of drug-likeness (QED) is 0.896. The fourth-order valence-corrected chi connectivity index (χ4v) is 3.58. The molecule has 2 heterocycles. The Morgan fingerprint density at radius 3 is 2.80 bits per heavy atom. The van der Waals surface area contributed by atoms with Crippen LogP contribution in [0.3, 0.4) is 0 Å². The summed E-state index contributed by atoms with van der Waals surface area (Å²) in [7, 11) is -3.67. The molecule has 0 radical (unpaired) electrons. The predicted octanol–water partition coefficient (Wildman–Crippen LogP) is 0.844.